The molecule has 2 aromatic rings. The number of halogens is 3. The van der Waals surface area contributed by atoms with E-state index in [-0.39, 0.29) is 12.6 Å². The largest absolute Gasteiger partial charge is 0.433 e. The fraction of sp³-hybridized carbons (Fsp3) is 0.538. The van der Waals surface area contributed by atoms with Crippen molar-refractivity contribution in [2.24, 2.45) is 7.05 Å². The Bertz CT molecular complexity index is 599. The van der Waals surface area contributed by atoms with E-state index in [9.17, 15) is 13.2 Å². The molecule has 0 aliphatic heterocycles. The number of aromatic nitrogens is 4. The zero-order valence-corrected chi connectivity index (χ0v) is 12.1. The minimum atomic E-state index is -4.38. The third kappa shape index (κ3) is 3.44. The molecule has 0 amide bonds. The van der Waals surface area contributed by atoms with E-state index in [1.165, 1.54) is 7.05 Å². The molecule has 0 radical (unpaired) electrons. The summed E-state index contributed by atoms with van der Waals surface area (Å²) in [5, 5.41) is 11.2. The van der Waals surface area contributed by atoms with Gasteiger partial charge in [0.25, 0.3) is 0 Å². The lowest BCUT2D eigenvalue weighted by molar-refractivity contribution is -0.143. The van der Waals surface area contributed by atoms with Crippen molar-refractivity contribution in [3.63, 3.8) is 0 Å². The highest BCUT2D eigenvalue weighted by atomic mass is 19.4. The fourth-order valence-corrected chi connectivity index (χ4v) is 2.22. The first kappa shape index (κ1) is 15.6. The van der Waals surface area contributed by atoms with Crippen molar-refractivity contribution in [2.45, 2.75) is 39.2 Å². The van der Waals surface area contributed by atoms with Gasteiger partial charge in [-0.1, -0.05) is 0 Å². The summed E-state index contributed by atoms with van der Waals surface area (Å²) in [6.07, 6.45) is -2.67. The predicted molar refractivity (Wildman–Crippen MR) is 71.4 cm³/mol. The molecular weight excluding hydrogens is 283 g/mol. The molecule has 2 rings (SSSR count). The van der Waals surface area contributed by atoms with E-state index < -0.39 is 11.9 Å². The Kier molecular flexibility index (Phi) is 4.36. The monoisotopic (exact) mass is 301 g/mol. The molecule has 1 N–H and O–H groups in total. The zero-order chi connectivity index (χ0) is 15.6. The Morgan fingerprint density at radius 2 is 2.10 bits per heavy atom. The van der Waals surface area contributed by atoms with Gasteiger partial charge in [-0.05, 0) is 26.0 Å². The van der Waals surface area contributed by atoms with Crippen LogP contribution in [0.2, 0.25) is 0 Å². The third-order valence-corrected chi connectivity index (χ3v) is 3.30. The van der Waals surface area contributed by atoms with Crippen LogP contribution >= 0.6 is 0 Å². The van der Waals surface area contributed by atoms with Crippen molar-refractivity contribution < 1.29 is 13.2 Å². The minimum Gasteiger partial charge on any atom is -0.303 e. The molecule has 0 spiro atoms. The summed E-state index contributed by atoms with van der Waals surface area (Å²) in [4.78, 5) is 0. The average Bonchev–Trinajstić information content (AvgIpc) is 3.01. The Balaban J connectivity index is 2.03. The van der Waals surface area contributed by atoms with Crippen LogP contribution in [0.25, 0.3) is 0 Å². The van der Waals surface area contributed by atoms with Crippen LogP contribution in [0.15, 0.2) is 18.3 Å². The van der Waals surface area contributed by atoms with Gasteiger partial charge in [-0.25, -0.2) is 0 Å². The van der Waals surface area contributed by atoms with E-state index in [4.69, 9.17) is 0 Å². The van der Waals surface area contributed by atoms with Crippen molar-refractivity contribution in [1.82, 2.24) is 24.9 Å². The second-order valence-corrected chi connectivity index (χ2v) is 4.82. The molecule has 0 fully saturated rings. The van der Waals surface area contributed by atoms with Crippen LogP contribution in [0, 0.1) is 0 Å². The van der Waals surface area contributed by atoms with Gasteiger partial charge in [-0.15, -0.1) is 0 Å². The van der Waals surface area contributed by atoms with Crippen molar-refractivity contribution >= 4 is 0 Å². The van der Waals surface area contributed by atoms with E-state index in [0.29, 0.717) is 5.69 Å². The molecule has 2 aromatic heterocycles. The minimum absolute atomic E-state index is 0.0243. The van der Waals surface area contributed by atoms with Crippen molar-refractivity contribution in [3.05, 3.63) is 35.4 Å². The summed E-state index contributed by atoms with van der Waals surface area (Å²) in [6, 6.07) is 2.93. The molecule has 2 heterocycles. The van der Waals surface area contributed by atoms with Crippen molar-refractivity contribution in [1.29, 1.82) is 0 Å². The number of nitrogens with one attached hydrogen (secondary N) is 1. The van der Waals surface area contributed by atoms with Gasteiger partial charge in [0.1, 0.15) is 5.69 Å². The Hall–Kier alpha value is -1.83. The third-order valence-electron chi connectivity index (χ3n) is 3.30. The maximum Gasteiger partial charge on any atom is 0.433 e. The maximum atomic E-state index is 12.7. The zero-order valence-electron chi connectivity index (χ0n) is 12.1. The van der Waals surface area contributed by atoms with Crippen LogP contribution in [0.5, 0.6) is 0 Å². The lowest BCUT2D eigenvalue weighted by Gasteiger charge is -2.14. The first-order valence-electron chi connectivity index (χ1n) is 6.68. The molecule has 8 heteroatoms. The van der Waals surface area contributed by atoms with Gasteiger partial charge in [0.2, 0.25) is 0 Å². The van der Waals surface area contributed by atoms with Crippen molar-refractivity contribution in [2.75, 3.05) is 0 Å². The molecule has 0 aliphatic rings. The van der Waals surface area contributed by atoms with Gasteiger partial charge in [-0.3, -0.25) is 9.36 Å². The summed E-state index contributed by atoms with van der Waals surface area (Å²) in [6.45, 7) is 4.94. The van der Waals surface area contributed by atoms with Gasteiger partial charge in [0.15, 0.2) is 0 Å². The molecule has 0 saturated carbocycles. The number of nitrogens with zero attached hydrogens (tertiary/aromatic N) is 4. The Morgan fingerprint density at radius 1 is 1.38 bits per heavy atom. The average molecular weight is 301 g/mol. The molecule has 0 aliphatic carbocycles. The lowest BCUT2D eigenvalue weighted by atomic mass is 10.2. The van der Waals surface area contributed by atoms with Crippen LogP contribution in [0.1, 0.15) is 37.0 Å². The second kappa shape index (κ2) is 5.88. The summed E-state index contributed by atoms with van der Waals surface area (Å²) in [5.74, 6) is 0. The maximum absolute atomic E-state index is 12.7. The van der Waals surface area contributed by atoms with Crippen LogP contribution in [0.4, 0.5) is 13.2 Å². The lowest BCUT2D eigenvalue weighted by Crippen LogP contribution is -2.21. The van der Waals surface area contributed by atoms with Crippen LogP contribution < -0.4 is 5.32 Å². The summed E-state index contributed by atoms with van der Waals surface area (Å²) in [5.41, 5.74) is 0.606. The molecule has 0 aromatic carbocycles. The number of rotatable bonds is 5. The molecule has 0 bridgehead atoms. The van der Waals surface area contributed by atoms with Crippen LogP contribution in [-0.2, 0) is 26.3 Å². The van der Waals surface area contributed by atoms with Gasteiger partial charge in [-0.2, -0.15) is 23.4 Å². The summed E-state index contributed by atoms with van der Waals surface area (Å²) >= 11 is 0. The van der Waals surface area contributed by atoms with Gasteiger partial charge in [0, 0.05) is 32.4 Å². The molecule has 1 atom stereocenters. The van der Waals surface area contributed by atoms with E-state index >= 15 is 0 Å². The van der Waals surface area contributed by atoms with Gasteiger partial charge in [0.05, 0.1) is 11.4 Å². The number of alkyl halides is 3. The highest BCUT2D eigenvalue weighted by molar-refractivity contribution is 5.14. The molecule has 0 saturated heterocycles. The first-order chi connectivity index (χ1) is 9.82. The normalized spacial score (nSPS) is 13.6. The smallest absolute Gasteiger partial charge is 0.303 e. The summed E-state index contributed by atoms with van der Waals surface area (Å²) < 4.78 is 40.8. The van der Waals surface area contributed by atoms with Gasteiger partial charge < -0.3 is 5.32 Å². The quantitative estimate of drug-likeness (QED) is 0.923. The Labute approximate surface area is 120 Å². The van der Waals surface area contributed by atoms with Crippen molar-refractivity contribution in [3.8, 4) is 0 Å². The van der Waals surface area contributed by atoms with Crippen LogP contribution in [0.3, 0.4) is 0 Å². The standard InChI is InChI=1S/C13H18F3N5/c1-4-21-11(5-6-18-21)9(2)17-8-10-7-12(13(14,15)16)20(3)19-10/h5-7,9,17H,4,8H2,1-3H3. The Morgan fingerprint density at radius 3 is 2.67 bits per heavy atom. The highest BCUT2D eigenvalue weighted by Crippen LogP contribution is 2.29. The number of aryl methyl sites for hydroxylation is 2. The molecule has 116 valence electrons. The molecular formula is C13H18F3N5. The molecule has 1 unspecified atom stereocenters. The van der Waals surface area contributed by atoms with E-state index in [2.05, 4.69) is 15.5 Å². The van der Waals surface area contributed by atoms with Gasteiger partial charge >= 0.3 is 6.18 Å². The van der Waals surface area contributed by atoms with E-state index in [0.717, 1.165) is 23.0 Å². The second-order valence-electron chi connectivity index (χ2n) is 4.82. The topological polar surface area (TPSA) is 47.7 Å². The highest BCUT2D eigenvalue weighted by Gasteiger charge is 2.34. The number of hydrogen-bond donors (Lipinski definition) is 1. The van der Waals surface area contributed by atoms with E-state index in [1.54, 1.807) is 6.20 Å². The SMILES string of the molecule is CCn1nccc1C(C)NCc1cc(C(F)(F)F)n(C)n1. The molecule has 21 heavy (non-hydrogen) atoms. The molecule has 5 nitrogen and oxygen atoms in total. The van der Waals surface area contributed by atoms with Crippen LogP contribution in [-0.4, -0.2) is 19.6 Å². The summed E-state index contributed by atoms with van der Waals surface area (Å²) in [7, 11) is 1.29. The predicted octanol–water partition coefficient (Wildman–Crippen LogP) is 2.51. The fourth-order valence-electron chi connectivity index (χ4n) is 2.22. The van der Waals surface area contributed by atoms with E-state index in [1.807, 2.05) is 24.6 Å². The number of hydrogen-bond acceptors (Lipinski definition) is 3. The first-order valence-corrected chi connectivity index (χ1v) is 6.68.